The standard InChI is InChI=1S/C26H29N5O3/c1-16(2)31-25-23(15-27-31)22(14-24(29-25)21-12-17(3)34-18(21)4)26(32)28-19-6-5-7-20(13-19)30-8-10-33-11-9-30/h5-7,12-16H,8-11H2,1-4H3,(H,28,32). The largest absolute Gasteiger partial charge is 0.466 e. The van der Waals surface area contributed by atoms with Gasteiger partial charge in [0.1, 0.15) is 11.5 Å². The molecule has 1 fully saturated rings. The van der Waals surface area contributed by atoms with Gasteiger partial charge in [-0.05, 0) is 58.0 Å². The first-order chi connectivity index (χ1) is 16.4. The summed E-state index contributed by atoms with van der Waals surface area (Å²) in [5.74, 6) is 1.37. The van der Waals surface area contributed by atoms with E-state index in [4.69, 9.17) is 14.1 Å². The minimum absolute atomic E-state index is 0.105. The Kier molecular flexibility index (Phi) is 5.83. The SMILES string of the molecule is Cc1cc(-c2cc(C(=O)Nc3cccc(N4CCOCC4)c3)c3cnn(C(C)C)c3n2)c(C)o1. The summed E-state index contributed by atoms with van der Waals surface area (Å²) in [5, 5.41) is 8.32. The number of hydrogen-bond acceptors (Lipinski definition) is 6. The van der Waals surface area contributed by atoms with Crippen LogP contribution >= 0.6 is 0 Å². The highest BCUT2D eigenvalue weighted by Crippen LogP contribution is 2.30. The molecule has 1 aliphatic heterocycles. The number of aryl methyl sites for hydroxylation is 2. The van der Waals surface area contributed by atoms with Gasteiger partial charge in [-0.2, -0.15) is 5.10 Å². The predicted octanol–water partition coefficient (Wildman–Crippen LogP) is 4.98. The fraction of sp³-hybridized carbons (Fsp3) is 0.346. The zero-order chi connectivity index (χ0) is 23.8. The van der Waals surface area contributed by atoms with Crippen molar-refractivity contribution in [3.8, 4) is 11.3 Å². The Morgan fingerprint density at radius 1 is 1.12 bits per heavy atom. The summed E-state index contributed by atoms with van der Waals surface area (Å²) in [6, 6.07) is 11.8. The average Bonchev–Trinajstić information content (AvgIpc) is 3.41. The van der Waals surface area contributed by atoms with E-state index in [-0.39, 0.29) is 11.9 Å². The highest BCUT2D eigenvalue weighted by atomic mass is 16.5. The van der Waals surface area contributed by atoms with E-state index in [2.05, 4.69) is 21.4 Å². The topological polar surface area (TPSA) is 85.4 Å². The number of fused-ring (bicyclic) bond motifs is 1. The van der Waals surface area contributed by atoms with Gasteiger partial charge in [-0.15, -0.1) is 0 Å². The molecule has 0 atom stereocenters. The van der Waals surface area contributed by atoms with E-state index >= 15 is 0 Å². The van der Waals surface area contributed by atoms with Gasteiger partial charge in [-0.3, -0.25) is 4.79 Å². The molecule has 0 radical (unpaired) electrons. The number of pyridine rings is 1. The number of carbonyl (C=O) groups excluding carboxylic acids is 1. The molecule has 8 nitrogen and oxygen atoms in total. The van der Waals surface area contributed by atoms with Crippen molar-refractivity contribution in [3.63, 3.8) is 0 Å². The van der Waals surface area contributed by atoms with Crippen LogP contribution in [0.1, 0.15) is 41.8 Å². The van der Waals surface area contributed by atoms with E-state index in [0.29, 0.717) is 30.1 Å². The Bertz CT molecular complexity index is 1350. The van der Waals surface area contributed by atoms with Gasteiger partial charge in [0.05, 0.1) is 36.1 Å². The number of furan rings is 1. The summed E-state index contributed by atoms with van der Waals surface area (Å²) in [7, 11) is 0. The van der Waals surface area contributed by atoms with Crippen molar-refractivity contribution in [2.24, 2.45) is 0 Å². The van der Waals surface area contributed by atoms with E-state index in [1.54, 1.807) is 6.20 Å². The number of nitrogens with one attached hydrogen (secondary N) is 1. The monoisotopic (exact) mass is 459 g/mol. The normalized spacial score (nSPS) is 14.2. The van der Waals surface area contributed by atoms with Gasteiger partial charge in [0.25, 0.3) is 5.91 Å². The molecule has 0 spiro atoms. The summed E-state index contributed by atoms with van der Waals surface area (Å²) < 4.78 is 13.0. The molecule has 4 aromatic rings. The highest BCUT2D eigenvalue weighted by molar-refractivity contribution is 6.12. The lowest BCUT2D eigenvalue weighted by atomic mass is 10.1. The maximum atomic E-state index is 13.5. The highest BCUT2D eigenvalue weighted by Gasteiger charge is 2.21. The number of amides is 1. The Hall–Kier alpha value is -3.65. The maximum Gasteiger partial charge on any atom is 0.256 e. The Balaban J connectivity index is 1.54. The molecular weight excluding hydrogens is 430 g/mol. The van der Waals surface area contributed by atoms with E-state index in [1.807, 2.05) is 62.7 Å². The van der Waals surface area contributed by atoms with Gasteiger partial charge in [-0.25, -0.2) is 9.67 Å². The minimum Gasteiger partial charge on any atom is -0.466 e. The summed E-state index contributed by atoms with van der Waals surface area (Å²) in [6.45, 7) is 11.0. The van der Waals surface area contributed by atoms with Crippen molar-refractivity contribution < 1.29 is 13.9 Å². The fourth-order valence-corrected chi connectivity index (χ4v) is 4.41. The van der Waals surface area contributed by atoms with E-state index in [1.165, 1.54) is 0 Å². The summed E-state index contributed by atoms with van der Waals surface area (Å²) in [4.78, 5) is 20.7. The molecule has 5 rings (SSSR count). The Morgan fingerprint density at radius 3 is 2.62 bits per heavy atom. The van der Waals surface area contributed by atoms with Crippen molar-refractivity contribution >= 4 is 28.3 Å². The average molecular weight is 460 g/mol. The first kappa shape index (κ1) is 22.2. The van der Waals surface area contributed by atoms with Gasteiger partial charge in [0.2, 0.25) is 0 Å². The van der Waals surface area contributed by atoms with Crippen LogP contribution in [0.3, 0.4) is 0 Å². The Labute approximate surface area is 198 Å². The molecule has 176 valence electrons. The molecule has 1 aliphatic rings. The number of morpholine rings is 1. The lowest BCUT2D eigenvalue weighted by molar-refractivity contribution is 0.102. The molecular formula is C26H29N5O3. The smallest absolute Gasteiger partial charge is 0.256 e. The second-order valence-electron chi connectivity index (χ2n) is 8.91. The second-order valence-corrected chi connectivity index (χ2v) is 8.91. The third-order valence-electron chi connectivity index (χ3n) is 6.10. The molecule has 0 bridgehead atoms. The molecule has 8 heteroatoms. The molecule has 0 unspecified atom stereocenters. The van der Waals surface area contributed by atoms with Gasteiger partial charge in [0.15, 0.2) is 5.65 Å². The quantitative estimate of drug-likeness (QED) is 0.453. The van der Waals surface area contributed by atoms with Crippen molar-refractivity contribution in [2.75, 3.05) is 36.5 Å². The summed E-state index contributed by atoms with van der Waals surface area (Å²) >= 11 is 0. The van der Waals surface area contributed by atoms with E-state index in [9.17, 15) is 4.79 Å². The van der Waals surface area contributed by atoms with Crippen LogP contribution in [-0.4, -0.2) is 47.0 Å². The van der Waals surface area contributed by atoms with Crippen LogP contribution in [0.2, 0.25) is 0 Å². The molecule has 3 aromatic heterocycles. The van der Waals surface area contributed by atoms with Crippen LogP contribution in [0.5, 0.6) is 0 Å². The lowest BCUT2D eigenvalue weighted by Crippen LogP contribution is -2.36. The number of rotatable bonds is 5. The summed E-state index contributed by atoms with van der Waals surface area (Å²) in [6.07, 6.45) is 1.72. The molecule has 0 aliphatic carbocycles. The number of hydrogen-bond donors (Lipinski definition) is 1. The fourth-order valence-electron chi connectivity index (χ4n) is 4.41. The van der Waals surface area contributed by atoms with Crippen LogP contribution in [0.25, 0.3) is 22.3 Å². The van der Waals surface area contributed by atoms with Crippen LogP contribution in [0.4, 0.5) is 11.4 Å². The van der Waals surface area contributed by atoms with Crippen LogP contribution < -0.4 is 10.2 Å². The Morgan fingerprint density at radius 2 is 1.91 bits per heavy atom. The molecule has 1 N–H and O–H groups in total. The van der Waals surface area contributed by atoms with Crippen molar-refractivity contribution in [2.45, 2.75) is 33.7 Å². The molecule has 1 saturated heterocycles. The maximum absolute atomic E-state index is 13.5. The van der Waals surface area contributed by atoms with Gasteiger partial charge in [-0.1, -0.05) is 6.07 Å². The number of benzene rings is 1. The number of aromatic nitrogens is 3. The zero-order valence-electron chi connectivity index (χ0n) is 20.0. The van der Waals surface area contributed by atoms with Crippen LogP contribution in [0.15, 0.2) is 47.0 Å². The second kappa shape index (κ2) is 8.95. The molecule has 0 saturated carbocycles. The lowest BCUT2D eigenvalue weighted by Gasteiger charge is -2.29. The molecule has 34 heavy (non-hydrogen) atoms. The molecule has 1 aromatic carbocycles. The summed E-state index contributed by atoms with van der Waals surface area (Å²) in [5.41, 5.74) is 4.58. The van der Waals surface area contributed by atoms with Crippen molar-refractivity contribution in [3.05, 3.63) is 59.7 Å². The van der Waals surface area contributed by atoms with Gasteiger partial charge in [0, 0.05) is 36.1 Å². The number of nitrogens with zero attached hydrogens (tertiary/aromatic N) is 4. The zero-order valence-corrected chi connectivity index (χ0v) is 20.0. The number of carbonyl (C=O) groups is 1. The third-order valence-corrected chi connectivity index (χ3v) is 6.10. The van der Waals surface area contributed by atoms with Crippen molar-refractivity contribution in [1.29, 1.82) is 0 Å². The molecule has 1 amide bonds. The van der Waals surface area contributed by atoms with Gasteiger partial charge < -0.3 is 19.4 Å². The molecule has 4 heterocycles. The number of anilines is 2. The predicted molar refractivity (Wildman–Crippen MR) is 133 cm³/mol. The third kappa shape index (κ3) is 4.17. The number of ether oxygens (including phenoxy) is 1. The first-order valence-electron chi connectivity index (χ1n) is 11.6. The van der Waals surface area contributed by atoms with Gasteiger partial charge >= 0.3 is 0 Å². The first-order valence-corrected chi connectivity index (χ1v) is 11.6. The minimum atomic E-state index is -0.200. The van der Waals surface area contributed by atoms with Crippen molar-refractivity contribution in [1.82, 2.24) is 14.8 Å². The van der Waals surface area contributed by atoms with E-state index in [0.717, 1.165) is 46.9 Å². The van der Waals surface area contributed by atoms with Crippen LogP contribution in [-0.2, 0) is 4.74 Å². The van der Waals surface area contributed by atoms with E-state index < -0.39 is 0 Å². The van der Waals surface area contributed by atoms with Crippen LogP contribution in [0, 0.1) is 13.8 Å².